The van der Waals surface area contributed by atoms with Crippen LogP contribution in [0.15, 0.2) is 72.8 Å². The number of hydrogen-bond donors (Lipinski definition) is 2. The number of halogens is 1. The van der Waals surface area contributed by atoms with Gasteiger partial charge in [-0.3, -0.25) is 4.79 Å². The highest BCUT2D eigenvalue weighted by molar-refractivity contribution is 6.74. The van der Waals surface area contributed by atoms with E-state index < -0.39 is 26.6 Å². The number of methoxy groups -OCH3 is 1. The first-order valence-corrected chi connectivity index (χ1v) is 18.7. The lowest BCUT2D eigenvalue weighted by atomic mass is 9.88. The van der Waals surface area contributed by atoms with Crippen LogP contribution in [0.1, 0.15) is 60.7 Å². The highest BCUT2D eigenvalue weighted by Crippen LogP contribution is 2.39. The predicted molar refractivity (Wildman–Crippen MR) is 184 cm³/mol. The first-order valence-electron chi connectivity index (χ1n) is 15.8. The van der Waals surface area contributed by atoms with Crippen LogP contribution in [0.5, 0.6) is 0 Å². The number of nitrogens with one attached hydrogen (secondary N) is 1. The molecule has 0 spiro atoms. The second-order valence-corrected chi connectivity index (χ2v) is 18.3. The molecule has 46 heavy (non-hydrogen) atoms. The van der Waals surface area contributed by atoms with Gasteiger partial charge >= 0.3 is 6.09 Å². The lowest BCUT2D eigenvalue weighted by Crippen LogP contribution is -2.51. The van der Waals surface area contributed by atoms with Gasteiger partial charge in [0, 0.05) is 37.9 Å². The van der Waals surface area contributed by atoms with Crippen molar-refractivity contribution in [1.82, 2.24) is 10.2 Å². The molecule has 2 N–H and O–H groups in total. The van der Waals surface area contributed by atoms with Crippen LogP contribution < -0.4 is 5.32 Å². The van der Waals surface area contributed by atoms with E-state index in [0.29, 0.717) is 24.2 Å². The van der Waals surface area contributed by atoms with Gasteiger partial charge in [-0.15, -0.1) is 0 Å². The van der Waals surface area contributed by atoms with Crippen molar-refractivity contribution >= 4 is 25.9 Å². The SMILES string of the molecule is COCCC/C=C(/c1cccc(C(=O)N2C[C@H](O[Si](C)(C)C(C)(C)C)[C@H](NC(=O)O)C2)c1)c1cccc(F)c1-c1cccc(C)c1. The molecular formula is C37H47FN2O5Si. The smallest absolute Gasteiger partial charge is 0.405 e. The summed E-state index contributed by atoms with van der Waals surface area (Å²) in [4.78, 5) is 27.3. The average molecular weight is 647 g/mol. The molecule has 3 aromatic rings. The molecule has 1 heterocycles. The van der Waals surface area contributed by atoms with Crippen LogP contribution in [0, 0.1) is 12.7 Å². The molecular weight excluding hydrogens is 600 g/mol. The molecule has 0 radical (unpaired) electrons. The van der Waals surface area contributed by atoms with Crippen molar-refractivity contribution in [2.75, 3.05) is 26.8 Å². The molecule has 0 bridgehead atoms. The van der Waals surface area contributed by atoms with Gasteiger partial charge in [-0.25, -0.2) is 9.18 Å². The Morgan fingerprint density at radius 1 is 1.04 bits per heavy atom. The lowest BCUT2D eigenvalue weighted by Gasteiger charge is -2.39. The van der Waals surface area contributed by atoms with Gasteiger partial charge in [0.05, 0.1) is 12.1 Å². The van der Waals surface area contributed by atoms with Crippen LogP contribution in [-0.4, -0.2) is 69.3 Å². The van der Waals surface area contributed by atoms with Gasteiger partial charge in [0.25, 0.3) is 5.91 Å². The minimum absolute atomic E-state index is 0.0767. The highest BCUT2D eigenvalue weighted by atomic mass is 28.4. The van der Waals surface area contributed by atoms with Crippen molar-refractivity contribution < 1.29 is 28.2 Å². The van der Waals surface area contributed by atoms with E-state index in [1.54, 1.807) is 24.1 Å². The molecule has 1 saturated heterocycles. The van der Waals surface area contributed by atoms with Crippen LogP contribution >= 0.6 is 0 Å². The Balaban J connectivity index is 1.71. The van der Waals surface area contributed by atoms with E-state index in [1.165, 1.54) is 6.07 Å². The Morgan fingerprint density at radius 2 is 1.74 bits per heavy atom. The minimum atomic E-state index is -2.25. The number of allylic oxidation sites excluding steroid dienone is 1. The molecule has 3 aromatic carbocycles. The Kier molecular flexibility index (Phi) is 11.2. The summed E-state index contributed by atoms with van der Waals surface area (Å²) in [6.45, 7) is 13.7. The van der Waals surface area contributed by atoms with Crippen molar-refractivity contribution in [3.05, 3.63) is 101 Å². The maximum Gasteiger partial charge on any atom is 0.405 e. The lowest BCUT2D eigenvalue weighted by molar-refractivity contribution is 0.0768. The number of unbranched alkanes of at least 4 members (excludes halogenated alkanes) is 1. The standard InChI is InChI=1S/C37H47FN2O5Si/c1-25-13-10-15-27(21-25)34-30(18-12-19-31(34)38)29(17-8-9-20-44-5)26-14-11-16-28(22-26)35(41)40-23-32(39-36(42)43)33(24-40)45-46(6,7)37(2,3)4/h10-19,21-22,32-33,39H,8-9,20,23-24H2,1-7H3,(H,42,43)/b29-17-/t32-,33+/m1/s1. The van der Waals surface area contributed by atoms with Gasteiger partial charge in [0.1, 0.15) is 5.82 Å². The summed E-state index contributed by atoms with van der Waals surface area (Å²) in [5.41, 5.74) is 5.14. The summed E-state index contributed by atoms with van der Waals surface area (Å²) in [5.74, 6) is -0.530. The summed E-state index contributed by atoms with van der Waals surface area (Å²) >= 11 is 0. The molecule has 246 valence electrons. The van der Waals surface area contributed by atoms with Gasteiger partial charge in [0.15, 0.2) is 8.32 Å². The minimum Gasteiger partial charge on any atom is -0.465 e. The number of likely N-dealkylation sites (tertiary alicyclic amines) is 1. The zero-order chi connectivity index (χ0) is 33.6. The van der Waals surface area contributed by atoms with E-state index in [2.05, 4.69) is 45.3 Å². The quantitative estimate of drug-likeness (QED) is 0.162. The molecule has 1 aliphatic heterocycles. The number of ether oxygens (including phenoxy) is 1. The molecule has 0 aromatic heterocycles. The Labute approximate surface area is 273 Å². The number of hydrogen-bond acceptors (Lipinski definition) is 4. The van der Waals surface area contributed by atoms with Crippen molar-refractivity contribution in [3.8, 4) is 11.1 Å². The van der Waals surface area contributed by atoms with E-state index in [0.717, 1.165) is 34.2 Å². The summed E-state index contributed by atoms with van der Waals surface area (Å²) in [7, 11) is -0.581. The third-order valence-electron chi connectivity index (χ3n) is 9.05. The van der Waals surface area contributed by atoms with E-state index in [4.69, 9.17) is 9.16 Å². The number of carboxylic acid groups (broad SMARTS) is 1. The van der Waals surface area contributed by atoms with Gasteiger partial charge in [-0.1, -0.05) is 80.9 Å². The normalized spacial score (nSPS) is 17.3. The topological polar surface area (TPSA) is 88.1 Å². The van der Waals surface area contributed by atoms with Crippen molar-refractivity contribution in [1.29, 1.82) is 0 Å². The predicted octanol–water partition coefficient (Wildman–Crippen LogP) is 8.14. The van der Waals surface area contributed by atoms with E-state index in [1.807, 2.05) is 55.5 Å². The van der Waals surface area contributed by atoms with Crippen molar-refractivity contribution in [2.24, 2.45) is 0 Å². The van der Waals surface area contributed by atoms with E-state index in [9.17, 15) is 14.7 Å². The van der Waals surface area contributed by atoms with Gasteiger partial charge in [0.2, 0.25) is 0 Å². The van der Waals surface area contributed by atoms with Crippen LogP contribution in [0.4, 0.5) is 9.18 Å². The summed E-state index contributed by atoms with van der Waals surface area (Å²) < 4.78 is 27.5. The first-order chi connectivity index (χ1) is 21.7. The molecule has 0 unspecified atom stereocenters. The number of nitrogens with zero attached hydrogens (tertiary/aromatic N) is 1. The first kappa shape index (κ1) is 35.1. The second kappa shape index (κ2) is 14.7. The zero-order valence-corrected chi connectivity index (χ0v) is 29.0. The number of aryl methyl sites for hydroxylation is 1. The maximum atomic E-state index is 15.6. The molecule has 2 amide bonds. The Hall–Kier alpha value is -3.79. The molecule has 1 aliphatic rings. The highest BCUT2D eigenvalue weighted by Gasteiger charge is 2.45. The number of benzene rings is 3. The zero-order valence-electron chi connectivity index (χ0n) is 28.0. The molecule has 1 fully saturated rings. The largest absolute Gasteiger partial charge is 0.465 e. The fraction of sp³-hybridized carbons (Fsp3) is 0.405. The van der Waals surface area contributed by atoms with Crippen LogP contribution in [0.2, 0.25) is 18.1 Å². The molecule has 0 saturated carbocycles. The summed E-state index contributed by atoms with van der Waals surface area (Å²) in [5, 5.41) is 12.0. The van der Waals surface area contributed by atoms with E-state index >= 15 is 4.39 Å². The van der Waals surface area contributed by atoms with Gasteiger partial charge in [-0.2, -0.15) is 0 Å². The van der Waals surface area contributed by atoms with Crippen molar-refractivity contribution in [2.45, 2.75) is 70.8 Å². The number of carbonyl (C=O) groups is 2. The van der Waals surface area contributed by atoms with Gasteiger partial charge < -0.3 is 24.5 Å². The van der Waals surface area contributed by atoms with Crippen LogP contribution in [-0.2, 0) is 9.16 Å². The number of rotatable bonds is 11. The molecule has 2 atom stereocenters. The number of carbonyl (C=O) groups excluding carboxylic acids is 1. The Morgan fingerprint density at radius 3 is 2.41 bits per heavy atom. The third-order valence-corrected chi connectivity index (χ3v) is 13.6. The maximum absolute atomic E-state index is 15.6. The monoisotopic (exact) mass is 646 g/mol. The molecule has 7 nitrogen and oxygen atoms in total. The third kappa shape index (κ3) is 8.32. The second-order valence-electron chi connectivity index (χ2n) is 13.5. The van der Waals surface area contributed by atoms with Crippen LogP contribution in [0.3, 0.4) is 0 Å². The summed E-state index contributed by atoms with van der Waals surface area (Å²) in [6, 6.07) is 19.7. The molecule has 4 rings (SSSR count). The molecule has 0 aliphatic carbocycles. The molecule has 9 heteroatoms. The fourth-order valence-corrected chi connectivity index (χ4v) is 6.96. The van der Waals surface area contributed by atoms with E-state index in [-0.39, 0.29) is 29.9 Å². The van der Waals surface area contributed by atoms with Gasteiger partial charge in [-0.05, 0) is 78.4 Å². The van der Waals surface area contributed by atoms with Crippen LogP contribution in [0.25, 0.3) is 16.7 Å². The fourth-order valence-electron chi connectivity index (χ4n) is 5.61. The average Bonchev–Trinajstić information content (AvgIpc) is 3.36. The summed E-state index contributed by atoms with van der Waals surface area (Å²) in [6.07, 6.45) is 1.97. The Bertz CT molecular complexity index is 1580. The number of amides is 2. The van der Waals surface area contributed by atoms with Crippen molar-refractivity contribution in [3.63, 3.8) is 0 Å².